The molecule has 0 spiro atoms. The van der Waals surface area contributed by atoms with Crippen molar-refractivity contribution in [3.8, 4) is 11.5 Å². The van der Waals surface area contributed by atoms with Gasteiger partial charge in [-0.15, -0.1) is 0 Å². The molecule has 186 valence electrons. The molecule has 0 saturated carbocycles. The summed E-state index contributed by atoms with van der Waals surface area (Å²) in [6.45, 7) is 4.59. The second kappa shape index (κ2) is 12.0. The summed E-state index contributed by atoms with van der Waals surface area (Å²) >= 11 is 0. The van der Waals surface area contributed by atoms with Gasteiger partial charge >= 0.3 is 0 Å². The smallest absolute Gasteiger partial charge is 0.248 e. The number of aromatic nitrogens is 1. The van der Waals surface area contributed by atoms with Gasteiger partial charge in [-0.3, -0.25) is 9.69 Å². The minimum Gasteiger partial charge on any atom is -0.457 e. The minimum absolute atomic E-state index is 0.176. The number of carbonyl (C=O) groups is 1. The van der Waals surface area contributed by atoms with Crippen LogP contribution in [0, 0.1) is 0 Å². The van der Waals surface area contributed by atoms with Crippen molar-refractivity contribution >= 4 is 23.5 Å². The first-order valence-electron chi connectivity index (χ1n) is 12.5. The Morgan fingerprint density at radius 2 is 1.57 bits per heavy atom. The molecule has 6 heteroatoms. The molecule has 1 aliphatic rings. The Morgan fingerprint density at radius 1 is 0.838 bits per heavy atom. The number of nitrogens with zero attached hydrogens (tertiary/aromatic N) is 3. The molecule has 6 nitrogen and oxygen atoms in total. The lowest BCUT2D eigenvalue weighted by molar-refractivity contribution is -0.111. The second-order valence-corrected chi connectivity index (χ2v) is 8.96. The highest BCUT2D eigenvalue weighted by Gasteiger charge is 2.18. The van der Waals surface area contributed by atoms with Gasteiger partial charge in [0, 0.05) is 38.8 Å². The number of ether oxygens (including phenoxy) is 1. The maximum absolute atomic E-state index is 12.2. The predicted molar refractivity (Wildman–Crippen MR) is 149 cm³/mol. The molecule has 1 aromatic heterocycles. The van der Waals surface area contributed by atoms with E-state index in [1.54, 1.807) is 12.3 Å². The number of amides is 1. The van der Waals surface area contributed by atoms with Crippen LogP contribution in [-0.2, 0) is 11.3 Å². The Kier molecular flexibility index (Phi) is 7.88. The third kappa shape index (κ3) is 7.06. The molecule has 0 unspecified atom stereocenters. The lowest BCUT2D eigenvalue weighted by atomic mass is 10.2. The summed E-state index contributed by atoms with van der Waals surface area (Å²) < 4.78 is 5.99. The van der Waals surface area contributed by atoms with E-state index in [-0.39, 0.29) is 5.91 Å². The van der Waals surface area contributed by atoms with Crippen LogP contribution < -0.4 is 15.0 Å². The van der Waals surface area contributed by atoms with Crippen LogP contribution in [0.25, 0.3) is 6.08 Å². The number of benzene rings is 3. The lowest BCUT2D eigenvalue weighted by Crippen LogP contribution is -2.46. The Hall–Kier alpha value is -4.42. The van der Waals surface area contributed by atoms with Crippen molar-refractivity contribution in [1.82, 2.24) is 9.88 Å². The molecular formula is C31H30N4O2. The van der Waals surface area contributed by atoms with Gasteiger partial charge in [0.2, 0.25) is 5.91 Å². The Bertz CT molecular complexity index is 1320. The highest BCUT2D eigenvalue weighted by Crippen LogP contribution is 2.23. The summed E-state index contributed by atoms with van der Waals surface area (Å²) in [6.07, 6.45) is 5.04. The van der Waals surface area contributed by atoms with Crippen LogP contribution in [0.2, 0.25) is 0 Å². The van der Waals surface area contributed by atoms with E-state index in [1.165, 1.54) is 11.6 Å². The van der Waals surface area contributed by atoms with Gasteiger partial charge in [0.05, 0.1) is 11.9 Å². The van der Waals surface area contributed by atoms with E-state index in [9.17, 15) is 4.79 Å². The molecule has 0 bridgehead atoms. The van der Waals surface area contributed by atoms with Crippen LogP contribution in [-0.4, -0.2) is 42.0 Å². The number of para-hydroxylation sites is 1. The van der Waals surface area contributed by atoms with Gasteiger partial charge in [0.25, 0.3) is 0 Å². The minimum atomic E-state index is -0.176. The van der Waals surface area contributed by atoms with Crippen LogP contribution >= 0.6 is 0 Å². The molecule has 1 aliphatic heterocycles. The molecule has 1 N–H and O–H groups in total. The van der Waals surface area contributed by atoms with E-state index in [0.29, 0.717) is 5.69 Å². The molecule has 1 fully saturated rings. The molecular weight excluding hydrogens is 460 g/mol. The van der Waals surface area contributed by atoms with E-state index < -0.39 is 0 Å². The Balaban J connectivity index is 1.10. The molecule has 4 aromatic rings. The molecule has 2 heterocycles. The fourth-order valence-electron chi connectivity index (χ4n) is 4.29. The van der Waals surface area contributed by atoms with Gasteiger partial charge in [0.15, 0.2) is 0 Å². The summed E-state index contributed by atoms with van der Waals surface area (Å²) in [5.74, 6) is 2.45. The quantitative estimate of drug-likeness (QED) is 0.314. The third-order valence-electron chi connectivity index (χ3n) is 6.22. The van der Waals surface area contributed by atoms with Gasteiger partial charge < -0.3 is 15.0 Å². The fourth-order valence-corrected chi connectivity index (χ4v) is 4.29. The van der Waals surface area contributed by atoms with Crippen molar-refractivity contribution in [1.29, 1.82) is 0 Å². The Morgan fingerprint density at radius 3 is 2.30 bits per heavy atom. The van der Waals surface area contributed by atoms with E-state index in [2.05, 4.69) is 32.2 Å². The van der Waals surface area contributed by atoms with Crippen molar-refractivity contribution in [3.63, 3.8) is 0 Å². The van der Waals surface area contributed by atoms with Gasteiger partial charge in [-0.25, -0.2) is 4.98 Å². The molecule has 5 rings (SSSR count). The number of carbonyl (C=O) groups excluding carboxylic acids is 1. The first-order chi connectivity index (χ1) is 18.2. The summed E-state index contributed by atoms with van der Waals surface area (Å²) in [5.41, 5.74) is 2.91. The van der Waals surface area contributed by atoms with Crippen LogP contribution in [0.3, 0.4) is 0 Å². The first kappa shape index (κ1) is 24.3. The molecule has 1 saturated heterocycles. The largest absolute Gasteiger partial charge is 0.457 e. The number of hydrogen-bond acceptors (Lipinski definition) is 5. The van der Waals surface area contributed by atoms with Crippen LogP contribution in [0.5, 0.6) is 11.5 Å². The average molecular weight is 491 g/mol. The van der Waals surface area contributed by atoms with Crippen molar-refractivity contribution in [2.45, 2.75) is 6.54 Å². The average Bonchev–Trinajstić information content (AvgIpc) is 2.94. The number of hydrogen-bond donors (Lipinski definition) is 1. The molecule has 0 radical (unpaired) electrons. The highest BCUT2D eigenvalue weighted by molar-refractivity contribution is 6.01. The zero-order valence-electron chi connectivity index (χ0n) is 20.7. The van der Waals surface area contributed by atoms with E-state index in [0.717, 1.165) is 55.6 Å². The molecule has 0 atom stereocenters. The van der Waals surface area contributed by atoms with Gasteiger partial charge in [-0.1, -0.05) is 60.7 Å². The number of rotatable bonds is 8. The van der Waals surface area contributed by atoms with Crippen LogP contribution in [0.15, 0.2) is 109 Å². The molecule has 1 amide bonds. The van der Waals surface area contributed by atoms with Crippen LogP contribution in [0.4, 0.5) is 11.5 Å². The predicted octanol–water partition coefficient (Wildman–Crippen LogP) is 5.85. The number of nitrogens with one attached hydrogen (secondary N) is 1. The summed E-state index contributed by atoms with van der Waals surface area (Å²) in [6, 6.07) is 31.8. The summed E-state index contributed by atoms with van der Waals surface area (Å²) in [4.78, 5) is 21.5. The van der Waals surface area contributed by atoms with Crippen molar-refractivity contribution < 1.29 is 9.53 Å². The van der Waals surface area contributed by atoms with Crippen LogP contribution in [0.1, 0.15) is 11.1 Å². The monoisotopic (exact) mass is 490 g/mol. The zero-order valence-corrected chi connectivity index (χ0v) is 20.7. The number of pyridine rings is 1. The molecule has 3 aromatic carbocycles. The first-order valence-corrected chi connectivity index (χ1v) is 12.5. The van der Waals surface area contributed by atoms with Gasteiger partial charge in [0.1, 0.15) is 17.3 Å². The maximum atomic E-state index is 12.2. The maximum Gasteiger partial charge on any atom is 0.248 e. The normalized spacial score (nSPS) is 14.0. The number of anilines is 2. The zero-order chi connectivity index (χ0) is 25.3. The van der Waals surface area contributed by atoms with Crippen molar-refractivity contribution in [2.24, 2.45) is 0 Å². The lowest BCUT2D eigenvalue weighted by Gasteiger charge is -2.35. The van der Waals surface area contributed by atoms with Crippen molar-refractivity contribution in [2.75, 3.05) is 36.4 Å². The summed E-state index contributed by atoms with van der Waals surface area (Å²) in [5, 5.41) is 2.87. The van der Waals surface area contributed by atoms with Gasteiger partial charge in [-0.2, -0.15) is 0 Å². The molecule has 0 aliphatic carbocycles. The number of piperazine rings is 1. The SMILES string of the molecule is O=C(/C=C/c1ccccc1)Nc1ccc(N2CCN(Cc3cccc(Oc4ccccc4)c3)CC2)nc1. The standard InChI is InChI=1S/C31H30N4O2/c36-31(17-14-25-8-3-1-4-9-25)33-27-15-16-30(32-23-27)35-20-18-34(19-21-35)24-26-10-7-13-29(22-26)37-28-11-5-2-6-12-28/h1-17,22-23H,18-21,24H2,(H,33,36)/b17-14+. The second-order valence-electron chi connectivity index (χ2n) is 8.96. The fraction of sp³-hybridized carbons (Fsp3) is 0.161. The van der Waals surface area contributed by atoms with Crippen molar-refractivity contribution in [3.05, 3.63) is 120 Å². The van der Waals surface area contributed by atoms with Gasteiger partial charge in [-0.05, 0) is 53.6 Å². The van der Waals surface area contributed by atoms with E-state index >= 15 is 0 Å². The summed E-state index contributed by atoms with van der Waals surface area (Å²) in [7, 11) is 0. The van der Waals surface area contributed by atoms with E-state index in [1.807, 2.05) is 84.9 Å². The topological polar surface area (TPSA) is 57.7 Å². The highest BCUT2D eigenvalue weighted by atomic mass is 16.5. The molecule has 37 heavy (non-hydrogen) atoms. The third-order valence-corrected chi connectivity index (χ3v) is 6.22. The Labute approximate surface area is 217 Å². The van der Waals surface area contributed by atoms with E-state index in [4.69, 9.17) is 4.74 Å².